The van der Waals surface area contributed by atoms with Gasteiger partial charge in [-0.3, -0.25) is 19.6 Å². The average molecular weight is 574 g/mol. The number of carbonyl (C=O) groups excluding carboxylic acids is 2. The summed E-state index contributed by atoms with van der Waals surface area (Å²) in [4.78, 5) is 50.0. The van der Waals surface area contributed by atoms with E-state index in [1.54, 1.807) is 0 Å². The Labute approximate surface area is 218 Å². The zero-order valence-electron chi connectivity index (χ0n) is 19.7. The Kier molecular flexibility index (Phi) is 7.83. The molecule has 38 heavy (non-hydrogen) atoms. The van der Waals surface area contributed by atoms with Crippen molar-refractivity contribution in [3.05, 3.63) is 23.2 Å². The van der Waals surface area contributed by atoms with Crippen LogP contribution in [0.5, 0.6) is 0 Å². The van der Waals surface area contributed by atoms with Gasteiger partial charge in [0.25, 0.3) is 11.8 Å². The molecule has 1 saturated heterocycles. The molecule has 19 nitrogen and oxygen atoms in total. The molecule has 0 radical (unpaired) electrons. The van der Waals surface area contributed by atoms with Crippen LogP contribution in [0.25, 0.3) is 0 Å². The zero-order valence-corrected chi connectivity index (χ0v) is 21.4. The van der Waals surface area contributed by atoms with E-state index in [1.165, 1.54) is 23.9 Å². The van der Waals surface area contributed by atoms with Crippen LogP contribution in [0.1, 0.15) is 25.4 Å². The predicted molar refractivity (Wildman–Crippen MR) is 129 cm³/mol. The fourth-order valence-electron chi connectivity index (χ4n) is 3.08. The van der Waals surface area contributed by atoms with E-state index in [9.17, 15) is 32.5 Å². The highest BCUT2D eigenvalue weighted by atomic mass is 32.2. The Hall–Kier alpha value is -4.37. The molecule has 2 aromatic heterocycles. The summed E-state index contributed by atoms with van der Waals surface area (Å²) in [7, 11) is -5.03. The average Bonchev–Trinajstić information content (AvgIpc) is 3.43. The fourth-order valence-corrected chi connectivity index (χ4v) is 4.50. The lowest BCUT2D eigenvalue weighted by molar-refractivity contribution is -0.161. The Bertz CT molecular complexity index is 1400. The highest BCUT2D eigenvalue weighted by Gasteiger charge is 2.54. The molecule has 1 fully saturated rings. The van der Waals surface area contributed by atoms with Gasteiger partial charge in [-0.25, -0.2) is 23.7 Å². The SMILES string of the molecule is CC(C)(O/N=C(\C(=O)N[C@@H]1C(=O)N(S(=O)(=O)O)[C@@H]1Cn1ncnc1CNC(=N)N)c1csc(N)n1)C(=O)O. The smallest absolute Gasteiger partial charge is 0.362 e. The number of anilines is 1. The molecule has 0 aliphatic carbocycles. The number of carboxylic acid groups (broad SMARTS) is 1. The van der Waals surface area contributed by atoms with Crippen LogP contribution in [-0.2, 0) is 42.6 Å². The van der Waals surface area contributed by atoms with Gasteiger partial charge in [-0.1, -0.05) is 5.16 Å². The summed E-state index contributed by atoms with van der Waals surface area (Å²) in [5.41, 5.74) is 8.38. The number of oxime groups is 1. The lowest BCUT2D eigenvalue weighted by Crippen LogP contribution is -2.73. The second kappa shape index (κ2) is 10.5. The fraction of sp³-hybridized carbons (Fsp3) is 0.412. The third-order valence-electron chi connectivity index (χ3n) is 5.06. The summed E-state index contributed by atoms with van der Waals surface area (Å²) >= 11 is 0.942. The normalized spacial score (nSPS) is 18.0. The lowest BCUT2D eigenvalue weighted by Gasteiger charge is -2.44. The second-order valence-electron chi connectivity index (χ2n) is 8.17. The molecule has 0 aromatic carbocycles. The van der Waals surface area contributed by atoms with Crippen LogP contribution in [0.2, 0.25) is 0 Å². The van der Waals surface area contributed by atoms with E-state index in [4.69, 9.17) is 21.7 Å². The summed E-state index contributed by atoms with van der Waals surface area (Å²) in [6, 6.07) is -2.87. The zero-order chi connectivity index (χ0) is 28.4. The molecule has 2 aromatic rings. The molecule has 1 aliphatic rings. The molecule has 9 N–H and O–H groups in total. The summed E-state index contributed by atoms with van der Waals surface area (Å²) < 4.78 is 34.6. The molecule has 0 bridgehead atoms. The summed E-state index contributed by atoms with van der Waals surface area (Å²) in [6.45, 7) is 1.92. The quantitative estimate of drug-likeness (QED) is 0.0466. The molecule has 1 aliphatic heterocycles. The van der Waals surface area contributed by atoms with Crippen molar-refractivity contribution in [2.45, 2.75) is 44.6 Å². The molecular weight excluding hydrogens is 550 g/mol. The number of nitrogen functional groups attached to an aromatic ring is 1. The number of β-lactam (4-membered cyclic amide) rings is 1. The van der Waals surface area contributed by atoms with Crippen LogP contribution < -0.4 is 22.1 Å². The molecule has 0 unspecified atom stereocenters. The number of aliphatic carboxylic acids is 1. The van der Waals surface area contributed by atoms with E-state index in [1.807, 2.05) is 0 Å². The van der Waals surface area contributed by atoms with Gasteiger partial charge in [0.15, 0.2) is 16.8 Å². The maximum absolute atomic E-state index is 13.1. The van der Waals surface area contributed by atoms with Crippen molar-refractivity contribution < 1.29 is 37.3 Å². The minimum atomic E-state index is -5.03. The van der Waals surface area contributed by atoms with Crippen molar-refractivity contribution in [1.29, 1.82) is 5.41 Å². The lowest BCUT2D eigenvalue weighted by atomic mass is 9.98. The van der Waals surface area contributed by atoms with Crippen LogP contribution in [0.4, 0.5) is 5.13 Å². The topological polar surface area (TPSA) is 294 Å². The number of thiazole rings is 1. The molecule has 2 atom stereocenters. The van der Waals surface area contributed by atoms with E-state index < -0.39 is 51.5 Å². The first-order valence-corrected chi connectivity index (χ1v) is 12.7. The second-order valence-corrected chi connectivity index (χ2v) is 10.4. The largest absolute Gasteiger partial charge is 0.478 e. The van der Waals surface area contributed by atoms with Gasteiger partial charge in [-0.15, -0.1) is 11.3 Å². The van der Waals surface area contributed by atoms with Gasteiger partial charge in [0, 0.05) is 5.38 Å². The van der Waals surface area contributed by atoms with Gasteiger partial charge < -0.3 is 32.0 Å². The minimum Gasteiger partial charge on any atom is -0.478 e. The van der Waals surface area contributed by atoms with Crippen LogP contribution in [-0.4, -0.2) is 89.3 Å². The van der Waals surface area contributed by atoms with Gasteiger partial charge >= 0.3 is 16.3 Å². The summed E-state index contributed by atoms with van der Waals surface area (Å²) in [6.07, 6.45) is 1.13. The first kappa shape index (κ1) is 28.2. The number of guanidine groups is 1. The Balaban J connectivity index is 1.89. The van der Waals surface area contributed by atoms with E-state index in [0.29, 0.717) is 0 Å². The molecule has 0 saturated carbocycles. The first-order chi connectivity index (χ1) is 17.6. The van der Waals surface area contributed by atoms with Gasteiger partial charge in [0.05, 0.1) is 19.1 Å². The number of carboxylic acids is 1. The number of nitrogens with one attached hydrogen (secondary N) is 3. The number of aromatic nitrogens is 4. The number of nitrogens with two attached hydrogens (primary N) is 2. The predicted octanol–water partition coefficient (Wildman–Crippen LogP) is -2.92. The van der Waals surface area contributed by atoms with Crippen LogP contribution in [0, 0.1) is 5.41 Å². The maximum atomic E-state index is 13.1. The molecular formula is C17H23N11O8S2. The van der Waals surface area contributed by atoms with Crippen molar-refractivity contribution in [3.8, 4) is 0 Å². The van der Waals surface area contributed by atoms with Gasteiger partial charge in [0.1, 0.15) is 23.9 Å². The van der Waals surface area contributed by atoms with Crippen molar-refractivity contribution >= 4 is 56.2 Å². The maximum Gasteiger partial charge on any atom is 0.362 e. The van der Waals surface area contributed by atoms with Gasteiger partial charge in [0.2, 0.25) is 5.60 Å². The molecule has 2 amide bonds. The third kappa shape index (κ3) is 6.12. The van der Waals surface area contributed by atoms with Crippen molar-refractivity contribution in [3.63, 3.8) is 0 Å². The van der Waals surface area contributed by atoms with Crippen LogP contribution in [0.15, 0.2) is 16.9 Å². The highest BCUT2D eigenvalue weighted by Crippen LogP contribution is 2.26. The van der Waals surface area contributed by atoms with E-state index in [2.05, 4.69) is 30.9 Å². The monoisotopic (exact) mass is 573 g/mol. The number of hydrogen-bond donors (Lipinski definition) is 7. The van der Waals surface area contributed by atoms with Gasteiger partial charge in [-0.2, -0.15) is 13.5 Å². The summed E-state index contributed by atoms with van der Waals surface area (Å²) in [5, 5.41) is 30.2. The van der Waals surface area contributed by atoms with Crippen molar-refractivity contribution in [2.24, 2.45) is 10.9 Å². The molecule has 0 spiro atoms. The number of hydrogen-bond acceptors (Lipinski definition) is 13. The van der Waals surface area contributed by atoms with Crippen molar-refractivity contribution in [2.75, 3.05) is 5.73 Å². The first-order valence-electron chi connectivity index (χ1n) is 10.4. The number of rotatable bonds is 11. The number of amides is 2. The standard InChI is InChI=1S/C17H23N11O8S2/c1-17(2,14(31)32)36-26-10(7-5-37-16(20)24-7)12(29)25-11-8(28(13(11)30)38(33,34)35)4-27-9(22-6-23-27)3-21-15(18)19/h5-6,8,11H,3-4H2,1-2H3,(H2,20,24)(H,25,29)(H,31,32)(H4,18,19,21)(H,33,34,35)/b26-10-/t8-,11+/m1/s1. The highest BCUT2D eigenvalue weighted by molar-refractivity contribution is 7.84. The molecule has 3 rings (SSSR count). The Morgan fingerprint density at radius 3 is 2.63 bits per heavy atom. The Morgan fingerprint density at radius 2 is 2.08 bits per heavy atom. The molecule has 206 valence electrons. The molecule has 21 heteroatoms. The van der Waals surface area contributed by atoms with E-state index >= 15 is 0 Å². The van der Waals surface area contributed by atoms with Crippen LogP contribution in [0.3, 0.4) is 0 Å². The number of nitrogens with zero attached hydrogens (tertiary/aromatic N) is 6. The number of carbonyl (C=O) groups is 3. The van der Waals surface area contributed by atoms with E-state index in [0.717, 1.165) is 17.7 Å². The summed E-state index contributed by atoms with van der Waals surface area (Å²) in [5.74, 6) is -3.81. The minimum absolute atomic E-state index is 0.0472. The van der Waals surface area contributed by atoms with Gasteiger partial charge in [-0.05, 0) is 13.8 Å². The molecule has 3 heterocycles. The van der Waals surface area contributed by atoms with Crippen molar-refractivity contribution in [1.82, 2.24) is 34.7 Å². The third-order valence-corrected chi connectivity index (χ3v) is 6.68. The Morgan fingerprint density at radius 1 is 1.39 bits per heavy atom. The van der Waals surface area contributed by atoms with Crippen LogP contribution >= 0.6 is 11.3 Å². The van der Waals surface area contributed by atoms with E-state index in [-0.39, 0.29) is 40.0 Å².